The molecule has 2 aromatic carbocycles. The van der Waals surface area contributed by atoms with E-state index in [2.05, 4.69) is 5.32 Å². The molecule has 2 aromatic rings. The van der Waals surface area contributed by atoms with E-state index < -0.39 is 17.7 Å². The van der Waals surface area contributed by atoms with E-state index in [4.69, 9.17) is 9.47 Å². The maximum atomic E-state index is 13.1. The molecular weight excluding hydrogens is 292 g/mol. The second-order valence-electron chi connectivity index (χ2n) is 4.41. The summed E-state index contributed by atoms with van der Waals surface area (Å²) >= 11 is 0. The number of ether oxygens (including phenoxy) is 2. The zero-order chi connectivity index (χ0) is 15.9. The minimum atomic E-state index is -0.918. The lowest BCUT2D eigenvalue weighted by molar-refractivity contribution is 0.168. The fraction of sp³-hybridized carbons (Fsp3) is 0.188. The van der Waals surface area contributed by atoms with Gasteiger partial charge in [-0.3, -0.25) is 5.32 Å². The van der Waals surface area contributed by atoms with E-state index in [0.29, 0.717) is 17.0 Å². The Morgan fingerprint density at radius 2 is 1.95 bits per heavy atom. The SMILES string of the molecule is CCOC(=O)Nc1cccc(OCc2ccc(F)c(F)c2)c1. The number of nitrogens with one attached hydrogen (secondary N) is 1. The number of rotatable bonds is 5. The van der Waals surface area contributed by atoms with Crippen molar-refractivity contribution in [1.82, 2.24) is 0 Å². The minimum Gasteiger partial charge on any atom is -0.489 e. The monoisotopic (exact) mass is 307 g/mol. The molecule has 6 heteroatoms. The van der Waals surface area contributed by atoms with E-state index in [0.717, 1.165) is 12.1 Å². The van der Waals surface area contributed by atoms with Gasteiger partial charge < -0.3 is 9.47 Å². The predicted molar refractivity (Wildman–Crippen MR) is 77.8 cm³/mol. The third kappa shape index (κ3) is 4.44. The van der Waals surface area contributed by atoms with Crippen LogP contribution in [0.4, 0.5) is 19.3 Å². The molecular formula is C16H15F2NO3. The Kier molecular flexibility index (Phi) is 5.30. The van der Waals surface area contributed by atoms with Gasteiger partial charge in [0.05, 0.1) is 6.61 Å². The van der Waals surface area contributed by atoms with Gasteiger partial charge in [-0.05, 0) is 36.8 Å². The number of hydrogen-bond donors (Lipinski definition) is 1. The van der Waals surface area contributed by atoms with E-state index in [1.54, 1.807) is 31.2 Å². The van der Waals surface area contributed by atoms with Gasteiger partial charge >= 0.3 is 6.09 Å². The Hall–Kier alpha value is -2.63. The van der Waals surface area contributed by atoms with Gasteiger partial charge in [-0.1, -0.05) is 12.1 Å². The van der Waals surface area contributed by atoms with E-state index in [1.165, 1.54) is 6.07 Å². The molecule has 0 atom stereocenters. The highest BCUT2D eigenvalue weighted by Gasteiger charge is 2.05. The maximum Gasteiger partial charge on any atom is 0.411 e. The standard InChI is InChI=1S/C16H15F2NO3/c1-2-21-16(20)19-12-4-3-5-13(9-12)22-10-11-6-7-14(17)15(18)8-11/h3-9H,2,10H2,1H3,(H,19,20). The predicted octanol–water partition coefficient (Wildman–Crippen LogP) is 4.11. The summed E-state index contributed by atoms with van der Waals surface area (Å²) in [7, 11) is 0. The Morgan fingerprint density at radius 1 is 1.14 bits per heavy atom. The summed E-state index contributed by atoms with van der Waals surface area (Å²) in [6.45, 7) is 2.07. The molecule has 0 aliphatic rings. The molecule has 0 saturated heterocycles. The third-order valence-electron chi connectivity index (χ3n) is 2.75. The zero-order valence-electron chi connectivity index (χ0n) is 11.9. The Balaban J connectivity index is 1.98. The lowest BCUT2D eigenvalue weighted by Crippen LogP contribution is -2.13. The highest BCUT2D eigenvalue weighted by atomic mass is 19.2. The van der Waals surface area contributed by atoms with Crippen molar-refractivity contribution in [3.05, 3.63) is 59.7 Å². The van der Waals surface area contributed by atoms with Crippen LogP contribution in [0.25, 0.3) is 0 Å². The van der Waals surface area contributed by atoms with Crippen molar-refractivity contribution in [1.29, 1.82) is 0 Å². The van der Waals surface area contributed by atoms with Crippen LogP contribution in [0, 0.1) is 11.6 Å². The fourth-order valence-electron chi connectivity index (χ4n) is 1.74. The number of carbonyl (C=O) groups excluding carboxylic acids is 1. The van der Waals surface area contributed by atoms with Gasteiger partial charge in [-0.2, -0.15) is 0 Å². The molecule has 0 aliphatic carbocycles. The summed E-state index contributed by atoms with van der Waals surface area (Å²) in [5, 5.41) is 2.55. The number of benzene rings is 2. The zero-order valence-corrected chi connectivity index (χ0v) is 11.9. The molecule has 4 nitrogen and oxygen atoms in total. The second-order valence-corrected chi connectivity index (χ2v) is 4.41. The molecule has 116 valence electrons. The average Bonchev–Trinajstić information content (AvgIpc) is 2.49. The molecule has 22 heavy (non-hydrogen) atoms. The van der Waals surface area contributed by atoms with Crippen LogP contribution in [0.3, 0.4) is 0 Å². The number of hydrogen-bond acceptors (Lipinski definition) is 3. The molecule has 1 N–H and O–H groups in total. The van der Waals surface area contributed by atoms with Gasteiger partial charge in [0.1, 0.15) is 12.4 Å². The molecule has 2 rings (SSSR count). The van der Waals surface area contributed by atoms with Crippen molar-refractivity contribution in [2.24, 2.45) is 0 Å². The molecule has 0 aliphatic heterocycles. The van der Waals surface area contributed by atoms with Crippen molar-refractivity contribution in [3.63, 3.8) is 0 Å². The molecule has 0 unspecified atom stereocenters. The average molecular weight is 307 g/mol. The number of anilines is 1. The number of carbonyl (C=O) groups is 1. The molecule has 1 amide bonds. The maximum absolute atomic E-state index is 13.1. The van der Waals surface area contributed by atoms with E-state index in [9.17, 15) is 13.6 Å². The smallest absolute Gasteiger partial charge is 0.411 e. The van der Waals surface area contributed by atoms with E-state index >= 15 is 0 Å². The van der Waals surface area contributed by atoms with Crippen LogP contribution in [0.1, 0.15) is 12.5 Å². The van der Waals surface area contributed by atoms with Crippen molar-refractivity contribution in [2.75, 3.05) is 11.9 Å². The van der Waals surface area contributed by atoms with Crippen molar-refractivity contribution in [2.45, 2.75) is 13.5 Å². The first-order chi connectivity index (χ1) is 10.6. The van der Waals surface area contributed by atoms with E-state index in [-0.39, 0.29) is 13.2 Å². The summed E-state index contributed by atoms with van der Waals surface area (Å²) in [6.07, 6.45) is -0.555. The fourth-order valence-corrected chi connectivity index (χ4v) is 1.74. The number of halogens is 2. The molecule has 0 fully saturated rings. The van der Waals surface area contributed by atoms with Crippen molar-refractivity contribution >= 4 is 11.8 Å². The van der Waals surface area contributed by atoms with Gasteiger partial charge in [0.2, 0.25) is 0 Å². The summed E-state index contributed by atoms with van der Waals surface area (Å²) in [6, 6.07) is 10.2. The van der Waals surface area contributed by atoms with Crippen LogP contribution >= 0.6 is 0 Å². The van der Waals surface area contributed by atoms with Crippen molar-refractivity contribution in [3.8, 4) is 5.75 Å². The quantitative estimate of drug-likeness (QED) is 0.904. The first-order valence-corrected chi connectivity index (χ1v) is 6.69. The Bertz CT molecular complexity index is 662. The summed E-state index contributed by atoms with van der Waals surface area (Å²) in [4.78, 5) is 11.3. The lowest BCUT2D eigenvalue weighted by atomic mass is 10.2. The van der Waals surface area contributed by atoms with Crippen LogP contribution in [0.5, 0.6) is 5.75 Å². The largest absolute Gasteiger partial charge is 0.489 e. The van der Waals surface area contributed by atoms with Crippen molar-refractivity contribution < 1.29 is 23.0 Å². The Labute approximate surface area is 126 Å². The normalized spacial score (nSPS) is 10.1. The molecule has 0 aromatic heterocycles. The van der Waals surface area contributed by atoms with Gasteiger partial charge in [0.25, 0.3) is 0 Å². The Morgan fingerprint density at radius 3 is 2.68 bits per heavy atom. The topological polar surface area (TPSA) is 47.6 Å². The van der Waals surface area contributed by atoms with Gasteiger partial charge in [-0.25, -0.2) is 13.6 Å². The van der Waals surface area contributed by atoms with E-state index in [1.807, 2.05) is 0 Å². The van der Waals surface area contributed by atoms with Gasteiger partial charge in [0, 0.05) is 11.8 Å². The molecule has 0 spiro atoms. The first kappa shape index (κ1) is 15.8. The van der Waals surface area contributed by atoms with Crippen LogP contribution in [0.15, 0.2) is 42.5 Å². The van der Waals surface area contributed by atoms with Crippen LogP contribution < -0.4 is 10.1 Å². The first-order valence-electron chi connectivity index (χ1n) is 6.69. The van der Waals surface area contributed by atoms with Crippen LogP contribution in [-0.4, -0.2) is 12.7 Å². The molecule has 0 radical (unpaired) electrons. The second kappa shape index (κ2) is 7.40. The highest BCUT2D eigenvalue weighted by Crippen LogP contribution is 2.19. The van der Waals surface area contributed by atoms with Crippen LogP contribution in [0.2, 0.25) is 0 Å². The molecule has 0 saturated carbocycles. The highest BCUT2D eigenvalue weighted by molar-refractivity contribution is 5.84. The summed E-state index contributed by atoms with van der Waals surface area (Å²) < 4.78 is 36.2. The van der Waals surface area contributed by atoms with Gasteiger partial charge in [-0.15, -0.1) is 0 Å². The van der Waals surface area contributed by atoms with Gasteiger partial charge in [0.15, 0.2) is 11.6 Å². The number of amides is 1. The molecule has 0 heterocycles. The lowest BCUT2D eigenvalue weighted by Gasteiger charge is -2.09. The summed E-state index contributed by atoms with van der Waals surface area (Å²) in [5.74, 6) is -1.33. The molecule has 0 bridgehead atoms. The minimum absolute atomic E-state index is 0.0834. The van der Waals surface area contributed by atoms with Crippen LogP contribution in [-0.2, 0) is 11.3 Å². The third-order valence-corrected chi connectivity index (χ3v) is 2.75. The summed E-state index contributed by atoms with van der Waals surface area (Å²) in [5.41, 5.74) is 1.02.